The quantitative estimate of drug-likeness (QED) is 0.405. The molecule has 2 heterocycles. The average Bonchev–Trinajstić information content (AvgIpc) is 3.21. The maximum Gasteiger partial charge on any atom is 0.341 e. The molecule has 0 amide bonds. The first-order valence-corrected chi connectivity index (χ1v) is 11.0. The van der Waals surface area contributed by atoms with Gasteiger partial charge in [0.05, 0.1) is 13.2 Å². The second-order valence-electron chi connectivity index (χ2n) is 7.33. The molecule has 0 bridgehead atoms. The molecule has 0 aliphatic rings. The van der Waals surface area contributed by atoms with Crippen LogP contribution in [0.4, 0.5) is 0 Å². The van der Waals surface area contributed by atoms with Crippen molar-refractivity contribution >= 4 is 11.9 Å². The van der Waals surface area contributed by atoms with Gasteiger partial charge in [-0.25, -0.2) is 9.59 Å². The monoisotopic (exact) mass is 418 g/mol. The fraction of sp³-hybridized carbons (Fsp3) is 0.583. The van der Waals surface area contributed by atoms with Crippen LogP contribution in [0.1, 0.15) is 96.7 Å². The lowest BCUT2D eigenvalue weighted by molar-refractivity contribution is 0.0513. The molecule has 30 heavy (non-hydrogen) atoms. The highest BCUT2D eigenvalue weighted by molar-refractivity contribution is 5.96. The van der Waals surface area contributed by atoms with Crippen molar-refractivity contribution in [3.8, 4) is 11.5 Å². The Hall–Kier alpha value is -2.50. The highest BCUT2D eigenvalue weighted by atomic mass is 16.5. The maximum atomic E-state index is 12.6. The van der Waals surface area contributed by atoms with Gasteiger partial charge in [-0.1, -0.05) is 26.7 Å². The summed E-state index contributed by atoms with van der Waals surface area (Å²) in [7, 11) is 0. The van der Waals surface area contributed by atoms with Crippen molar-refractivity contribution in [3.63, 3.8) is 0 Å². The van der Waals surface area contributed by atoms with Crippen molar-refractivity contribution < 1.29 is 27.9 Å². The molecule has 2 aromatic rings. The predicted octanol–water partition coefficient (Wildman–Crippen LogP) is 6.20. The largest absolute Gasteiger partial charge is 0.462 e. The fourth-order valence-corrected chi connectivity index (χ4v) is 3.67. The van der Waals surface area contributed by atoms with Gasteiger partial charge >= 0.3 is 11.9 Å². The Morgan fingerprint density at radius 1 is 0.700 bits per heavy atom. The summed E-state index contributed by atoms with van der Waals surface area (Å²) >= 11 is 0. The molecule has 0 N–H and O–H groups in total. The van der Waals surface area contributed by atoms with Crippen LogP contribution in [0.5, 0.6) is 0 Å². The Morgan fingerprint density at radius 2 is 1.07 bits per heavy atom. The number of carbonyl (C=O) groups excluding carboxylic acids is 2. The number of rotatable bonds is 11. The lowest BCUT2D eigenvalue weighted by atomic mass is 9.97. The second kappa shape index (κ2) is 11.0. The smallest absolute Gasteiger partial charge is 0.341 e. The van der Waals surface area contributed by atoms with Crippen LogP contribution in [-0.2, 0) is 22.3 Å². The zero-order valence-corrected chi connectivity index (χ0v) is 19.1. The molecule has 6 nitrogen and oxygen atoms in total. The first-order chi connectivity index (χ1) is 14.4. The number of hydrogen-bond donors (Lipinski definition) is 0. The Balaban J connectivity index is 2.69. The minimum Gasteiger partial charge on any atom is -0.462 e. The predicted molar refractivity (Wildman–Crippen MR) is 115 cm³/mol. The molecule has 0 atom stereocenters. The van der Waals surface area contributed by atoms with Gasteiger partial charge < -0.3 is 18.3 Å². The molecule has 0 fully saturated rings. The molecule has 0 aromatic carbocycles. The third-order valence-electron chi connectivity index (χ3n) is 5.09. The molecule has 2 aromatic heterocycles. The number of carbonyl (C=O) groups is 2. The van der Waals surface area contributed by atoms with Crippen LogP contribution in [0.2, 0.25) is 0 Å². The van der Waals surface area contributed by atoms with Gasteiger partial charge in [0.2, 0.25) is 0 Å². The fourth-order valence-electron chi connectivity index (χ4n) is 3.67. The summed E-state index contributed by atoms with van der Waals surface area (Å²) in [6, 6.07) is 0. The Bertz CT molecular complexity index is 799. The number of ether oxygens (including phenoxy) is 2. The molecule has 2 rings (SSSR count). The highest BCUT2D eigenvalue weighted by Crippen LogP contribution is 2.39. The number of esters is 2. The molecule has 0 saturated heterocycles. The van der Waals surface area contributed by atoms with E-state index in [4.69, 9.17) is 18.3 Å². The third-order valence-corrected chi connectivity index (χ3v) is 5.09. The van der Waals surface area contributed by atoms with Crippen molar-refractivity contribution in [3.05, 3.63) is 33.8 Å². The molecule has 0 aliphatic heterocycles. The summed E-state index contributed by atoms with van der Waals surface area (Å²) in [6.45, 7) is 11.9. The van der Waals surface area contributed by atoms with E-state index in [1.807, 2.05) is 0 Å². The second-order valence-corrected chi connectivity index (χ2v) is 7.33. The van der Waals surface area contributed by atoms with Crippen molar-refractivity contribution in [2.75, 3.05) is 13.2 Å². The summed E-state index contributed by atoms with van der Waals surface area (Å²) in [6.07, 6.45) is 5.07. The summed E-state index contributed by atoms with van der Waals surface area (Å²) in [5.74, 6) is 1.27. The van der Waals surface area contributed by atoms with Crippen LogP contribution < -0.4 is 0 Å². The number of unbranched alkanes of at least 4 members (excludes halogenated alkanes) is 2. The lowest BCUT2D eigenvalue weighted by Gasteiger charge is -2.07. The van der Waals surface area contributed by atoms with E-state index < -0.39 is 0 Å². The van der Waals surface area contributed by atoms with E-state index in [9.17, 15) is 9.59 Å². The molecule has 6 heteroatoms. The Kier molecular flexibility index (Phi) is 8.75. The maximum absolute atomic E-state index is 12.6. The van der Waals surface area contributed by atoms with Crippen molar-refractivity contribution in [2.45, 2.75) is 80.1 Å². The zero-order valence-electron chi connectivity index (χ0n) is 19.1. The van der Waals surface area contributed by atoms with Gasteiger partial charge in [-0.2, -0.15) is 0 Å². The van der Waals surface area contributed by atoms with E-state index >= 15 is 0 Å². The normalized spacial score (nSPS) is 11.0. The summed E-state index contributed by atoms with van der Waals surface area (Å²) < 4.78 is 22.7. The summed E-state index contributed by atoms with van der Waals surface area (Å²) in [5.41, 5.74) is 2.51. The van der Waals surface area contributed by atoms with Crippen molar-refractivity contribution in [1.82, 2.24) is 0 Å². The topological polar surface area (TPSA) is 78.9 Å². The van der Waals surface area contributed by atoms with Gasteiger partial charge in [0, 0.05) is 11.1 Å². The first kappa shape index (κ1) is 23.8. The van der Waals surface area contributed by atoms with Crippen LogP contribution in [0.15, 0.2) is 8.83 Å². The SMILES string of the molecule is CCCCc1c(-c2oc(C)c(C(=O)OCC)c2CCCC)oc(C)c1C(=O)OCC. The van der Waals surface area contributed by atoms with Crippen LogP contribution in [-0.4, -0.2) is 25.2 Å². The Morgan fingerprint density at radius 3 is 1.37 bits per heavy atom. The standard InChI is InChI=1S/C24H34O6/c1-7-11-13-17-19(23(25)27-9-3)15(5)29-21(17)22-18(14-12-8-2)20(16(6)30-22)24(26)28-10-4/h7-14H2,1-6H3. The molecule has 0 saturated carbocycles. The van der Waals surface area contributed by atoms with Gasteiger partial charge in [0.1, 0.15) is 22.6 Å². The molecular weight excluding hydrogens is 384 g/mol. The first-order valence-electron chi connectivity index (χ1n) is 11.0. The molecule has 0 unspecified atom stereocenters. The number of aryl methyl sites for hydroxylation is 2. The van der Waals surface area contributed by atoms with E-state index in [-0.39, 0.29) is 11.9 Å². The van der Waals surface area contributed by atoms with Crippen LogP contribution >= 0.6 is 0 Å². The van der Waals surface area contributed by atoms with E-state index in [0.29, 0.717) is 60.2 Å². The molecular formula is C24H34O6. The molecule has 0 radical (unpaired) electrons. The number of furan rings is 2. The van der Waals surface area contributed by atoms with Crippen LogP contribution in [0.25, 0.3) is 11.5 Å². The van der Waals surface area contributed by atoms with Gasteiger partial charge in [0.25, 0.3) is 0 Å². The van der Waals surface area contributed by atoms with Gasteiger partial charge in [0.15, 0.2) is 11.5 Å². The summed E-state index contributed by atoms with van der Waals surface area (Å²) in [4.78, 5) is 25.3. The average molecular weight is 419 g/mol. The third kappa shape index (κ3) is 4.97. The minimum absolute atomic E-state index is 0.292. The lowest BCUT2D eigenvalue weighted by Crippen LogP contribution is -2.09. The van der Waals surface area contributed by atoms with Crippen LogP contribution in [0, 0.1) is 13.8 Å². The van der Waals surface area contributed by atoms with E-state index in [1.54, 1.807) is 27.7 Å². The van der Waals surface area contributed by atoms with E-state index in [2.05, 4.69) is 13.8 Å². The molecule has 0 spiro atoms. The van der Waals surface area contributed by atoms with Crippen molar-refractivity contribution in [2.24, 2.45) is 0 Å². The summed E-state index contributed by atoms with van der Waals surface area (Å²) in [5, 5.41) is 0. The van der Waals surface area contributed by atoms with E-state index in [1.165, 1.54) is 0 Å². The minimum atomic E-state index is -0.389. The van der Waals surface area contributed by atoms with Crippen molar-refractivity contribution in [1.29, 1.82) is 0 Å². The Labute approximate surface area is 178 Å². The highest BCUT2D eigenvalue weighted by Gasteiger charge is 2.31. The molecule has 166 valence electrons. The van der Waals surface area contributed by atoms with Gasteiger partial charge in [-0.3, -0.25) is 0 Å². The van der Waals surface area contributed by atoms with Gasteiger partial charge in [-0.05, 0) is 53.4 Å². The van der Waals surface area contributed by atoms with Crippen LogP contribution in [0.3, 0.4) is 0 Å². The molecule has 0 aliphatic carbocycles. The number of hydrogen-bond acceptors (Lipinski definition) is 6. The zero-order chi connectivity index (χ0) is 22.3. The van der Waals surface area contributed by atoms with Gasteiger partial charge in [-0.15, -0.1) is 0 Å². The van der Waals surface area contributed by atoms with E-state index in [0.717, 1.165) is 36.8 Å².